The summed E-state index contributed by atoms with van der Waals surface area (Å²) in [6.07, 6.45) is 2.05. The van der Waals surface area contributed by atoms with Crippen molar-refractivity contribution in [2.45, 2.75) is 6.92 Å². The van der Waals surface area contributed by atoms with Crippen molar-refractivity contribution in [2.24, 2.45) is 0 Å². The van der Waals surface area contributed by atoms with Crippen LogP contribution in [-0.4, -0.2) is 29.5 Å². The number of anilines is 1. The molecule has 1 aromatic carbocycles. The maximum absolute atomic E-state index is 11.5. The Bertz CT molecular complexity index is 540. The van der Waals surface area contributed by atoms with Crippen LogP contribution in [0.2, 0.25) is 0 Å². The zero-order valence-corrected chi connectivity index (χ0v) is 10.8. The first-order chi connectivity index (χ1) is 9.51. The topological polar surface area (TPSA) is 108 Å². The summed E-state index contributed by atoms with van der Waals surface area (Å²) in [5, 5.41) is 13.0. The number of benzene rings is 1. The van der Waals surface area contributed by atoms with E-state index in [0.717, 1.165) is 17.7 Å². The number of carbonyl (C=O) groups is 3. The molecule has 0 heterocycles. The third kappa shape index (κ3) is 5.78. The van der Waals surface area contributed by atoms with E-state index in [1.54, 1.807) is 18.2 Å². The van der Waals surface area contributed by atoms with Gasteiger partial charge in [0.2, 0.25) is 11.8 Å². The maximum Gasteiger partial charge on any atom is 0.262 e. The first-order valence-electron chi connectivity index (χ1n) is 5.78. The van der Waals surface area contributed by atoms with Crippen molar-refractivity contribution < 1.29 is 19.6 Å². The predicted molar refractivity (Wildman–Crippen MR) is 71.9 cm³/mol. The Morgan fingerprint density at radius 3 is 2.55 bits per heavy atom. The van der Waals surface area contributed by atoms with Gasteiger partial charge >= 0.3 is 0 Å². The van der Waals surface area contributed by atoms with Crippen LogP contribution in [0, 0.1) is 6.92 Å². The zero-order chi connectivity index (χ0) is 15.0. The number of rotatable bonds is 5. The minimum absolute atomic E-state index is 0.376. The molecule has 1 aromatic rings. The van der Waals surface area contributed by atoms with Gasteiger partial charge in [0.25, 0.3) is 5.91 Å². The van der Waals surface area contributed by atoms with Gasteiger partial charge in [-0.15, -0.1) is 0 Å². The lowest BCUT2D eigenvalue weighted by Gasteiger charge is -2.03. The van der Waals surface area contributed by atoms with Crippen LogP contribution < -0.4 is 16.1 Å². The number of hydroxylamine groups is 1. The van der Waals surface area contributed by atoms with Crippen LogP contribution in [0.25, 0.3) is 0 Å². The van der Waals surface area contributed by atoms with Crippen LogP contribution >= 0.6 is 0 Å². The lowest BCUT2D eigenvalue weighted by Crippen LogP contribution is -2.34. The Balaban J connectivity index is 2.43. The van der Waals surface area contributed by atoms with Gasteiger partial charge in [-0.25, -0.2) is 5.48 Å². The van der Waals surface area contributed by atoms with E-state index in [2.05, 4.69) is 10.6 Å². The van der Waals surface area contributed by atoms with Gasteiger partial charge in [0.1, 0.15) is 0 Å². The number of nitrogens with one attached hydrogen (secondary N) is 3. The molecule has 4 N–H and O–H groups in total. The summed E-state index contributed by atoms with van der Waals surface area (Å²) in [6.45, 7) is 1.52. The highest BCUT2D eigenvalue weighted by Gasteiger charge is 2.02. The monoisotopic (exact) mass is 277 g/mol. The molecule has 0 aliphatic carbocycles. The van der Waals surface area contributed by atoms with Gasteiger partial charge in [0.05, 0.1) is 6.54 Å². The van der Waals surface area contributed by atoms with E-state index < -0.39 is 17.7 Å². The van der Waals surface area contributed by atoms with Gasteiger partial charge in [-0.2, -0.15) is 0 Å². The lowest BCUT2D eigenvalue weighted by atomic mass is 10.2. The van der Waals surface area contributed by atoms with E-state index in [9.17, 15) is 14.4 Å². The Kier molecular flexibility index (Phi) is 5.92. The minimum Gasteiger partial charge on any atom is -0.343 e. The first-order valence-corrected chi connectivity index (χ1v) is 5.78. The molecular weight excluding hydrogens is 262 g/mol. The molecule has 0 fully saturated rings. The standard InChI is InChI=1S/C13H15N3O4/c1-9-3-2-4-10(7-9)15-12(18)6-5-11(17)14-8-13(19)16-20/h2-7,20H,8H2,1H3,(H,14,17)(H,15,18)(H,16,19)/b6-5+. The van der Waals surface area contributed by atoms with E-state index in [0.29, 0.717) is 5.69 Å². The molecule has 20 heavy (non-hydrogen) atoms. The molecule has 0 aliphatic heterocycles. The van der Waals surface area contributed by atoms with E-state index in [4.69, 9.17) is 5.21 Å². The molecule has 0 atom stereocenters. The summed E-state index contributed by atoms with van der Waals surface area (Å²) >= 11 is 0. The van der Waals surface area contributed by atoms with E-state index in [1.807, 2.05) is 13.0 Å². The van der Waals surface area contributed by atoms with Gasteiger partial charge in [0.15, 0.2) is 0 Å². The average Bonchev–Trinajstić information content (AvgIpc) is 2.42. The van der Waals surface area contributed by atoms with Crippen molar-refractivity contribution in [3.8, 4) is 0 Å². The van der Waals surface area contributed by atoms with Crippen molar-refractivity contribution in [3.63, 3.8) is 0 Å². The maximum atomic E-state index is 11.5. The van der Waals surface area contributed by atoms with Crippen LogP contribution in [0.15, 0.2) is 36.4 Å². The lowest BCUT2D eigenvalue weighted by molar-refractivity contribution is -0.130. The molecule has 106 valence electrons. The van der Waals surface area contributed by atoms with Gasteiger partial charge in [0, 0.05) is 17.8 Å². The summed E-state index contributed by atoms with van der Waals surface area (Å²) < 4.78 is 0. The molecule has 0 radical (unpaired) electrons. The SMILES string of the molecule is Cc1cccc(NC(=O)/C=C/C(=O)NCC(=O)NO)c1. The quantitative estimate of drug-likeness (QED) is 0.348. The van der Waals surface area contributed by atoms with E-state index >= 15 is 0 Å². The molecule has 7 heteroatoms. The van der Waals surface area contributed by atoms with E-state index in [-0.39, 0.29) is 6.54 Å². The smallest absolute Gasteiger partial charge is 0.262 e. The molecule has 0 aromatic heterocycles. The van der Waals surface area contributed by atoms with Crippen molar-refractivity contribution >= 4 is 23.4 Å². The summed E-state index contributed by atoms with van der Waals surface area (Å²) in [6, 6.07) is 7.21. The molecule has 0 spiro atoms. The molecule has 0 bridgehead atoms. The molecule has 0 unspecified atom stereocenters. The van der Waals surface area contributed by atoms with Crippen LogP contribution in [-0.2, 0) is 14.4 Å². The summed E-state index contributed by atoms with van der Waals surface area (Å²) in [4.78, 5) is 33.4. The van der Waals surface area contributed by atoms with Gasteiger partial charge in [-0.3, -0.25) is 19.6 Å². The molecular formula is C13H15N3O4. The number of amides is 3. The van der Waals surface area contributed by atoms with Crippen molar-refractivity contribution in [1.29, 1.82) is 0 Å². The Morgan fingerprint density at radius 1 is 1.20 bits per heavy atom. The number of hydrogen-bond donors (Lipinski definition) is 4. The summed E-state index contributed by atoms with van der Waals surface area (Å²) in [5.41, 5.74) is 2.99. The van der Waals surface area contributed by atoms with Crippen molar-refractivity contribution in [2.75, 3.05) is 11.9 Å². The normalized spacial score (nSPS) is 10.1. The van der Waals surface area contributed by atoms with Crippen LogP contribution in [0.4, 0.5) is 5.69 Å². The third-order valence-corrected chi connectivity index (χ3v) is 2.22. The van der Waals surface area contributed by atoms with Gasteiger partial charge < -0.3 is 10.6 Å². The molecule has 0 aliphatic rings. The fourth-order valence-corrected chi connectivity index (χ4v) is 1.32. The van der Waals surface area contributed by atoms with Crippen LogP contribution in [0.5, 0.6) is 0 Å². The molecule has 3 amide bonds. The second kappa shape index (κ2) is 7.70. The number of hydrogen-bond acceptors (Lipinski definition) is 4. The number of carbonyl (C=O) groups excluding carboxylic acids is 3. The average molecular weight is 277 g/mol. The second-order valence-electron chi connectivity index (χ2n) is 3.94. The highest BCUT2D eigenvalue weighted by atomic mass is 16.5. The molecule has 1 rings (SSSR count). The Labute approximate surface area is 115 Å². The third-order valence-electron chi connectivity index (χ3n) is 2.22. The molecule has 0 saturated carbocycles. The highest BCUT2D eigenvalue weighted by Crippen LogP contribution is 2.09. The first kappa shape index (κ1) is 15.4. The number of aryl methyl sites for hydroxylation is 1. The fraction of sp³-hybridized carbons (Fsp3) is 0.154. The highest BCUT2D eigenvalue weighted by molar-refractivity contribution is 6.03. The fourth-order valence-electron chi connectivity index (χ4n) is 1.32. The zero-order valence-electron chi connectivity index (χ0n) is 10.8. The van der Waals surface area contributed by atoms with Crippen LogP contribution in [0.3, 0.4) is 0 Å². The largest absolute Gasteiger partial charge is 0.343 e. The van der Waals surface area contributed by atoms with Crippen molar-refractivity contribution in [3.05, 3.63) is 42.0 Å². The summed E-state index contributed by atoms with van der Waals surface area (Å²) in [7, 11) is 0. The molecule has 0 saturated heterocycles. The Hall–Kier alpha value is -2.67. The molecule has 7 nitrogen and oxygen atoms in total. The van der Waals surface area contributed by atoms with E-state index in [1.165, 1.54) is 5.48 Å². The van der Waals surface area contributed by atoms with Crippen molar-refractivity contribution in [1.82, 2.24) is 10.8 Å². The Morgan fingerprint density at radius 2 is 1.90 bits per heavy atom. The van der Waals surface area contributed by atoms with Gasteiger partial charge in [-0.05, 0) is 24.6 Å². The second-order valence-corrected chi connectivity index (χ2v) is 3.94. The van der Waals surface area contributed by atoms with Crippen LogP contribution in [0.1, 0.15) is 5.56 Å². The predicted octanol–water partition coefficient (Wildman–Crippen LogP) is 0.111. The summed E-state index contributed by atoms with van der Waals surface area (Å²) in [5.74, 6) is -1.83. The van der Waals surface area contributed by atoms with Gasteiger partial charge in [-0.1, -0.05) is 12.1 Å². The minimum atomic E-state index is -0.754.